The zero-order valence-electron chi connectivity index (χ0n) is 20.8. The third-order valence-electron chi connectivity index (χ3n) is 7.07. The van der Waals surface area contributed by atoms with Gasteiger partial charge in [0.25, 0.3) is 4.99 Å². The van der Waals surface area contributed by atoms with E-state index in [1.165, 1.54) is 0 Å². The number of halogens is 1. The van der Waals surface area contributed by atoms with Crippen LogP contribution in [0.1, 0.15) is 25.8 Å². The molecular formula is C29H25BrN2O5S. The number of hydrogen-bond donors (Lipinski definition) is 1. The van der Waals surface area contributed by atoms with Crippen LogP contribution in [0, 0.1) is 0 Å². The Bertz CT molecular complexity index is 1680. The average molecular weight is 593 g/mol. The third kappa shape index (κ3) is 3.53. The standard InChI is InChI=1S/C29H25BrN2O5S/c1-3-19-10-9-15-26-28(19)32(22-12-6-8-14-25(22)36-26)29(4-2,38(33,34)35)31-21-11-5-7-13-24(21)37-27-18-20(30)16-17-23(27)31/h5-18H,3-4H2,1-2H3,(H,33,34,35). The van der Waals surface area contributed by atoms with Crippen LogP contribution in [0.2, 0.25) is 0 Å². The maximum absolute atomic E-state index is 14.0. The van der Waals surface area contributed by atoms with Crippen molar-refractivity contribution in [1.82, 2.24) is 0 Å². The van der Waals surface area contributed by atoms with Gasteiger partial charge in [-0.15, -0.1) is 0 Å². The molecule has 7 nitrogen and oxygen atoms in total. The van der Waals surface area contributed by atoms with Crippen LogP contribution in [-0.2, 0) is 16.5 Å². The minimum absolute atomic E-state index is 0.00148. The Morgan fingerprint density at radius 2 is 1.34 bits per heavy atom. The maximum Gasteiger partial charge on any atom is 0.309 e. The third-order valence-corrected chi connectivity index (χ3v) is 9.05. The molecule has 1 N–H and O–H groups in total. The van der Waals surface area contributed by atoms with Gasteiger partial charge in [-0.3, -0.25) is 14.4 Å². The molecule has 0 saturated heterocycles. The number of nitrogens with zero attached hydrogens (tertiary/aromatic N) is 2. The fourth-order valence-corrected chi connectivity index (χ4v) is 7.01. The number of ether oxygens (including phenoxy) is 2. The van der Waals surface area contributed by atoms with Gasteiger partial charge in [0.05, 0.1) is 22.7 Å². The van der Waals surface area contributed by atoms with Crippen molar-refractivity contribution in [1.29, 1.82) is 0 Å². The smallest absolute Gasteiger partial charge is 0.309 e. The number of rotatable bonds is 5. The molecule has 4 aromatic rings. The summed E-state index contributed by atoms with van der Waals surface area (Å²) in [6.07, 6.45) is 0.626. The highest BCUT2D eigenvalue weighted by atomic mass is 79.9. The highest BCUT2D eigenvalue weighted by molar-refractivity contribution is 9.10. The van der Waals surface area contributed by atoms with E-state index < -0.39 is 15.1 Å². The lowest BCUT2D eigenvalue weighted by molar-refractivity contribution is 0.393. The van der Waals surface area contributed by atoms with Crippen LogP contribution in [0.25, 0.3) is 0 Å². The first-order valence-electron chi connectivity index (χ1n) is 12.3. The van der Waals surface area contributed by atoms with Crippen molar-refractivity contribution in [3.63, 3.8) is 0 Å². The van der Waals surface area contributed by atoms with Gasteiger partial charge in [0, 0.05) is 10.9 Å². The second kappa shape index (κ2) is 9.04. The van der Waals surface area contributed by atoms with E-state index >= 15 is 0 Å². The van der Waals surface area contributed by atoms with E-state index in [0.717, 1.165) is 10.0 Å². The van der Waals surface area contributed by atoms with Crippen molar-refractivity contribution < 1.29 is 22.4 Å². The van der Waals surface area contributed by atoms with Crippen LogP contribution in [0.4, 0.5) is 22.7 Å². The summed E-state index contributed by atoms with van der Waals surface area (Å²) in [5.41, 5.74) is 3.03. The van der Waals surface area contributed by atoms with Gasteiger partial charge in [-0.1, -0.05) is 66.2 Å². The van der Waals surface area contributed by atoms with Gasteiger partial charge >= 0.3 is 10.1 Å². The van der Waals surface area contributed by atoms with Crippen molar-refractivity contribution >= 4 is 48.8 Å². The summed E-state index contributed by atoms with van der Waals surface area (Å²) < 4.78 is 52.6. The highest BCUT2D eigenvalue weighted by Gasteiger charge is 2.58. The monoisotopic (exact) mass is 592 g/mol. The van der Waals surface area contributed by atoms with E-state index in [9.17, 15) is 13.0 Å². The van der Waals surface area contributed by atoms with Gasteiger partial charge in [-0.25, -0.2) is 0 Å². The molecular weight excluding hydrogens is 568 g/mol. The van der Waals surface area contributed by atoms with Gasteiger partial charge in [0.2, 0.25) is 0 Å². The lowest BCUT2D eigenvalue weighted by Gasteiger charge is -2.52. The van der Waals surface area contributed by atoms with Gasteiger partial charge < -0.3 is 9.47 Å². The Morgan fingerprint density at radius 3 is 1.97 bits per heavy atom. The van der Waals surface area contributed by atoms with Gasteiger partial charge in [-0.2, -0.15) is 8.42 Å². The molecule has 0 spiro atoms. The molecule has 194 valence electrons. The van der Waals surface area contributed by atoms with E-state index in [-0.39, 0.29) is 6.42 Å². The minimum Gasteiger partial charge on any atom is -0.453 e. The van der Waals surface area contributed by atoms with Crippen molar-refractivity contribution in [3.05, 3.63) is 95.0 Å². The van der Waals surface area contributed by atoms with Crippen molar-refractivity contribution in [3.8, 4) is 23.0 Å². The van der Waals surface area contributed by atoms with E-state index in [0.29, 0.717) is 52.2 Å². The first-order chi connectivity index (χ1) is 18.3. The molecule has 0 saturated carbocycles. The van der Waals surface area contributed by atoms with Crippen LogP contribution < -0.4 is 19.3 Å². The minimum atomic E-state index is -4.85. The van der Waals surface area contributed by atoms with Crippen LogP contribution in [-0.4, -0.2) is 18.0 Å². The Kier molecular flexibility index (Phi) is 5.90. The molecule has 4 aromatic carbocycles. The lowest BCUT2D eigenvalue weighted by atomic mass is 10.0. The van der Waals surface area contributed by atoms with Crippen LogP contribution in [0.15, 0.2) is 89.4 Å². The molecule has 1 atom stereocenters. The molecule has 0 fully saturated rings. The summed E-state index contributed by atoms with van der Waals surface area (Å²) in [5.74, 6) is 1.95. The maximum atomic E-state index is 14.0. The Hall–Kier alpha value is -3.53. The molecule has 0 aliphatic carbocycles. The van der Waals surface area contributed by atoms with E-state index in [4.69, 9.17) is 9.47 Å². The molecule has 2 aliphatic heterocycles. The van der Waals surface area contributed by atoms with Crippen LogP contribution >= 0.6 is 15.9 Å². The predicted octanol–water partition coefficient (Wildman–Crippen LogP) is 8.15. The lowest BCUT2D eigenvalue weighted by Crippen LogP contribution is -2.63. The van der Waals surface area contributed by atoms with Gasteiger partial charge in [0.15, 0.2) is 23.0 Å². The molecule has 2 aliphatic rings. The number of benzene rings is 4. The first kappa shape index (κ1) is 24.8. The summed E-state index contributed by atoms with van der Waals surface area (Å²) in [5, 5.41) is 0. The van der Waals surface area contributed by atoms with Gasteiger partial charge in [-0.05, 0) is 60.5 Å². The summed E-state index contributed by atoms with van der Waals surface area (Å²) in [7, 11) is -4.85. The second-order valence-electron chi connectivity index (χ2n) is 9.11. The molecule has 2 heterocycles. The highest BCUT2D eigenvalue weighted by Crippen LogP contribution is 2.59. The number of hydrogen-bond acceptors (Lipinski definition) is 6. The normalized spacial score (nSPS) is 15.3. The van der Waals surface area contributed by atoms with Crippen molar-refractivity contribution in [2.24, 2.45) is 0 Å². The number of fused-ring (bicyclic) bond motifs is 4. The molecule has 9 heteroatoms. The topological polar surface area (TPSA) is 79.3 Å². The van der Waals surface area contributed by atoms with Crippen LogP contribution in [0.3, 0.4) is 0 Å². The Labute approximate surface area is 230 Å². The SMILES string of the molecule is CCc1cccc2c1N(C(CC)(N1c3ccccc3Oc3cc(Br)ccc31)S(=O)(=O)O)c1ccccc1O2. The summed E-state index contributed by atoms with van der Waals surface area (Å²) >= 11 is 3.50. The summed E-state index contributed by atoms with van der Waals surface area (Å²) in [6, 6.07) is 25.6. The quantitative estimate of drug-likeness (QED) is 0.234. The molecule has 0 bridgehead atoms. The number of para-hydroxylation sites is 5. The molecule has 0 amide bonds. The van der Waals surface area contributed by atoms with Crippen molar-refractivity contribution in [2.75, 3.05) is 9.80 Å². The number of anilines is 4. The zero-order chi connectivity index (χ0) is 26.7. The summed E-state index contributed by atoms with van der Waals surface area (Å²) in [4.78, 5) is 1.40. The first-order valence-corrected chi connectivity index (χ1v) is 14.6. The second-order valence-corrected chi connectivity index (χ2v) is 11.6. The van der Waals surface area contributed by atoms with E-state index in [1.807, 2.05) is 61.5 Å². The number of aryl methyl sites for hydroxylation is 1. The van der Waals surface area contributed by atoms with E-state index in [1.54, 1.807) is 47.1 Å². The largest absolute Gasteiger partial charge is 0.453 e. The fraction of sp³-hybridized carbons (Fsp3) is 0.172. The fourth-order valence-electron chi connectivity index (χ4n) is 5.46. The predicted molar refractivity (Wildman–Crippen MR) is 152 cm³/mol. The molecule has 6 rings (SSSR count). The molecule has 0 aromatic heterocycles. The molecule has 1 unspecified atom stereocenters. The van der Waals surface area contributed by atoms with E-state index in [2.05, 4.69) is 15.9 Å². The van der Waals surface area contributed by atoms with Crippen LogP contribution in [0.5, 0.6) is 23.0 Å². The average Bonchev–Trinajstić information content (AvgIpc) is 2.91. The zero-order valence-corrected chi connectivity index (χ0v) is 23.2. The molecule has 38 heavy (non-hydrogen) atoms. The van der Waals surface area contributed by atoms with Gasteiger partial charge in [0.1, 0.15) is 0 Å². The Morgan fingerprint density at radius 1 is 0.763 bits per heavy atom. The molecule has 0 radical (unpaired) electrons. The van der Waals surface area contributed by atoms with Crippen molar-refractivity contribution in [2.45, 2.75) is 31.7 Å². The summed E-state index contributed by atoms with van der Waals surface area (Å²) in [6.45, 7) is 3.77. The Balaban J connectivity index is 1.76.